The summed E-state index contributed by atoms with van der Waals surface area (Å²) < 4.78 is 10.5. The molecule has 0 aliphatic heterocycles. The Bertz CT molecular complexity index is 517. The van der Waals surface area contributed by atoms with E-state index in [0.717, 1.165) is 44.9 Å². The maximum Gasteiger partial charge on any atom is 0.306 e. The fraction of sp³-hybridized carbons (Fsp3) is 0.871. The molecule has 36 heavy (non-hydrogen) atoms. The quantitative estimate of drug-likeness (QED) is 0.0680. The van der Waals surface area contributed by atoms with Gasteiger partial charge in [-0.3, -0.25) is 9.59 Å². The first-order valence-corrected chi connectivity index (χ1v) is 15.2. The molecule has 5 heteroatoms. The van der Waals surface area contributed by atoms with Gasteiger partial charge < -0.3 is 14.6 Å². The summed E-state index contributed by atoms with van der Waals surface area (Å²) in [4.78, 5) is 24.0. The minimum absolute atomic E-state index is 0.0646. The van der Waals surface area contributed by atoms with Gasteiger partial charge in [-0.2, -0.15) is 0 Å². The Morgan fingerprint density at radius 2 is 1.06 bits per heavy atom. The molecule has 1 N–H and O–H groups in total. The van der Waals surface area contributed by atoms with E-state index in [1.165, 1.54) is 83.5 Å². The summed E-state index contributed by atoms with van der Waals surface area (Å²) in [6, 6.07) is 0. The van der Waals surface area contributed by atoms with E-state index in [4.69, 9.17) is 9.47 Å². The van der Waals surface area contributed by atoms with Crippen molar-refractivity contribution in [1.29, 1.82) is 0 Å². The molecule has 0 aliphatic rings. The van der Waals surface area contributed by atoms with E-state index in [0.29, 0.717) is 12.8 Å². The third kappa shape index (κ3) is 25.7. The van der Waals surface area contributed by atoms with Crippen LogP contribution < -0.4 is 0 Å². The van der Waals surface area contributed by atoms with Crippen molar-refractivity contribution < 1.29 is 24.2 Å². The number of allylic oxidation sites excluding steroid dienone is 2. The lowest BCUT2D eigenvalue weighted by Gasteiger charge is -2.15. The molecule has 1 atom stereocenters. The van der Waals surface area contributed by atoms with Gasteiger partial charge in [0, 0.05) is 12.8 Å². The molecule has 5 nitrogen and oxygen atoms in total. The monoisotopic (exact) mass is 510 g/mol. The number of carbonyl (C=O) groups excluding carboxylic acids is 2. The molecule has 0 aliphatic carbocycles. The van der Waals surface area contributed by atoms with Gasteiger partial charge in [0.15, 0.2) is 6.10 Å². The molecule has 0 saturated heterocycles. The maximum atomic E-state index is 12.0. The van der Waals surface area contributed by atoms with Crippen LogP contribution in [0.4, 0.5) is 0 Å². The second-order valence-electron chi connectivity index (χ2n) is 10.2. The normalized spacial score (nSPS) is 12.2. The highest BCUT2D eigenvalue weighted by Gasteiger charge is 2.16. The highest BCUT2D eigenvalue weighted by Crippen LogP contribution is 2.13. The van der Waals surface area contributed by atoms with Crippen LogP contribution in [0.3, 0.4) is 0 Å². The van der Waals surface area contributed by atoms with Gasteiger partial charge in [0.2, 0.25) is 0 Å². The van der Waals surface area contributed by atoms with Gasteiger partial charge in [-0.1, -0.05) is 122 Å². The minimum Gasteiger partial charge on any atom is -0.462 e. The molecule has 0 rings (SSSR count). The maximum absolute atomic E-state index is 12.0. The first-order chi connectivity index (χ1) is 17.6. The summed E-state index contributed by atoms with van der Waals surface area (Å²) in [5.74, 6) is -0.602. The number of aliphatic hydroxyl groups is 1. The number of unbranched alkanes of at least 4 members (excludes halogenated alkanes) is 17. The molecule has 0 saturated carbocycles. The van der Waals surface area contributed by atoms with Crippen molar-refractivity contribution in [3.05, 3.63) is 12.2 Å². The summed E-state index contributed by atoms with van der Waals surface area (Å²) in [6.45, 7) is 4.06. The van der Waals surface area contributed by atoms with E-state index in [1.807, 2.05) is 0 Å². The number of hydrogen-bond donors (Lipinski definition) is 1. The molecular weight excluding hydrogens is 452 g/mol. The molecule has 0 radical (unpaired) electrons. The molecule has 0 fully saturated rings. The zero-order valence-corrected chi connectivity index (χ0v) is 23.8. The van der Waals surface area contributed by atoms with E-state index >= 15 is 0 Å². The van der Waals surface area contributed by atoms with E-state index in [1.54, 1.807) is 0 Å². The summed E-state index contributed by atoms with van der Waals surface area (Å²) in [5, 5.41) is 9.45. The Kier molecular flexibility index (Phi) is 27.1. The molecule has 0 aromatic rings. The van der Waals surface area contributed by atoms with Crippen LogP contribution in [0.1, 0.15) is 155 Å². The molecule has 212 valence electrons. The number of aliphatic hydroxyl groups excluding tert-OH is 1. The number of carbonyl (C=O) groups is 2. The Labute approximate surface area is 222 Å². The van der Waals surface area contributed by atoms with Gasteiger partial charge in [-0.15, -0.1) is 0 Å². The molecule has 0 heterocycles. The Morgan fingerprint density at radius 3 is 1.58 bits per heavy atom. The zero-order chi connectivity index (χ0) is 26.5. The van der Waals surface area contributed by atoms with Gasteiger partial charge >= 0.3 is 11.9 Å². The second kappa shape index (κ2) is 28.2. The van der Waals surface area contributed by atoms with Crippen molar-refractivity contribution in [3.63, 3.8) is 0 Å². The Hall–Kier alpha value is -1.36. The second-order valence-corrected chi connectivity index (χ2v) is 10.2. The van der Waals surface area contributed by atoms with Crippen molar-refractivity contribution in [2.75, 3.05) is 13.2 Å². The highest BCUT2D eigenvalue weighted by molar-refractivity contribution is 5.70. The van der Waals surface area contributed by atoms with Crippen molar-refractivity contribution in [2.24, 2.45) is 0 Å². The molecule has 0 aromatic heterocycles. The molecule has 0 amide bonds. The van der Waals surface area contributed by atoms with Crippen LogP contribution in [0, 0.1) is 0 Å². The topological polar surface area (TPSA) is 72.8 Å². The van der Waals surface area contributed by atoms with E-state index in [-0.39, 0.29) is 25.2 Å². The largest absolute Gasteiger partial charge is 0.462 e. The van der Waals surface area contributed by atoms with Crippen LogP contribution in [0.25, 0.3) is 0 Å². The highest BCUT2D eigenvalue weighted by atomic mass is 16.6. The molecule has 0 bridgehead atoms. The zero-order valence-electron chi connectivity index (χ0n) is 23.8. The number of esters is 2. The van der Waals surface area contributed by atoms with Gasteiger partial charge in [0.05, 0.1) is 6.61 Å². The summed E-state index contributed by atoms with van der Waals surface area (Å²) in [5.41, 5.74) is 0. The van der Waals surface area contributed by atoms with Crippen LogP contribution in [0.2, 0.25) is 0 Å². The first kappa shape index (κ1) is 34.6. The molecule has 0 aromatic carbocycles. The Morgan fingerprint density at radius 1 is 0.611 bits per heavy atom. The smallest absolute Gasteiger partial charge is 0.306 e. The Balaban J connectivity index is 3.60. The lowest BCUT2D eigenvalue weighted by molar-refractivity contribution is -0.161. The van der Waals surface area contributed by atoms with Gasteiger partial charge in [-0.25, -0.2) is 0 Å². The minimum atomic E-state index is -0.765. The van der Waals surface area contributed by atoms with E-state index < -0.39 is 6.10 Å². The van der Waals surface area contributed by atoms with Crippen LogP contribution >= 0.6 is 0 Å². The summed E-state index contributed by atoms with van der Waals surface area (Å²) >= 11 is 0. The number of rotatable bonds is 27. The summed E-state index contributed by atoms with van der Waals surface area (Å²) in [6.07, 6.45) is 28.3. The molecule has 0 spiro atoms. The molecular formula is C31H58O5. The van der Waals surface area contributed by atoms with Crippen molar-refractivity contribution in [1.82, 2.24) is 0 Å². The van der Waals surface area contributed by atoms with Crippen molar-refractivity contribution in [3.8, 4) is 0 Å². The SMILES string of the molecule is CCCCC=CCCCCCCCC(=O)OC(CO)COC(=O)CCCCCCCCCCCCC. The fourth-order valence-corrected chi connectivity index (χ4v) is 4.18. The average Bonchev–Trinajstić information content (AvgIpc) is 2.88. The van der Waals surface area contributed by atoms with Crippen molar-refractivity contribution >= 4 is 11.9 Å². The number of ether oxygens (including phenoxy) is 2. The first-order valence-electron chi connectivity index (χ1n) is 15.2. The van der Waals surface area contributed by atoms with Crippen LogP contribution in [-0.4, -0.2) is 36.4 Å². The summed E-state index contributed by atoms with van der Waals surface area (Å²) in [7, 11) is 0. The van der Waals surface area contributed by atoms with Crippen LogP contribution in [-0.2, 0) is 19.1 Å². The third-order valence-electron chi connectivity index (χ3n) is 6.56. The van der Waals surface area contributed by atoms with Gasteiger partial charge in [0.1, 0.15) is 6.61 Å². The molecule has 1 unspecified atom stereocenters. The predicted octanol–water partition coefficient (Wildman–Crippen LogP) is 8.61. The predicted molar refractivity (Wildman–Crippen MR) is 150 cm³/mol. The lowest BCUT2D eigenvalue weighted by atomic mass is 10.1. The standard InChI is InChI=1S/C31H58O5/c1-3-5-7-9-11-13-15-17-19-21-23-25-30(33)35-28-29(27-32)36-31(34)26-24-22-20-18-16-14-12-10-8-6-4-2/h10,12,29,32H,3-9,11,13-28H2,1-2H3. The van der Waals surface area contributed by atoms with E-state index in [2.05, 4.69) is 26.0 Å². The van der Waals surface area contributed by atoms with Crippen LogP contribution in [0.5, 0.6) is 0 Å². The van der Waals surface area contributed by atoms with Crippen molar-refractivity contribution in [2.45, 2.75) is 161 Å². The van der Waals surface area contributed by atoms with Gasteiger partial charge in [0.25, 0.3) is 0 Å². The number of hydrogen-bond acceptors (Lipinski definition) is 5. The third-order valence-corrected chi connectivity index (χ3v) is 6.56. The average molecular weight is 511 g/mol. The van der Waals surface area contributed by atoms with E-state index in [9.17, 15) is 14.7 Å². The van der Waals surface area contributed by atoms with Crippen LogP contribution in [0.15, 0.2) is 12.2 Å². The lowest BCUT2D eigenvalue weighted by Crippen LogP contribution is -2.28. The fourth-order valence-electron chi connectivity index (χ4n) is 4.18. The van der Waals surface area contributed by atoms with Gasteiger partial charge in [-0.05, 0) is 32.1 Å².